The molecule has 2 aliphatic carbocycles. The van der Waals surface area contributed by atoms with Gasteiger partial charge in [-0.1, -0.05) is 26.2 Å². The second-order valence-corrected chi connectivity index (χ2v) is 5.94. The van der Waals surface area contributed by atoms with Gasteiger partial charge in [0.25, 0.3) is 0 Å². The third kappa shape index (κ3) is 4.26. The van der Waals surface area contributed by atoms with E-state index in [-0.39, 0.29) is 0 Å². The van der Waals surface area contributed by atoms with Crippen molar-refractivity contribution in [2.75, 3.05) is 13.2 Å². The van der Waals surface area contributed by atoms with Crippen molar-refractivity contribution in [2.24, 2.45) is 11.8 Å². The van der Waals surface area contributed by atoms with Gasteiger partial charge in [0, 0.05) is 12.6 Å². The first-order valence-corrected chi connectivity index (χ1v) is 7.66. The Balaban J connectivity index is 1.56. The molecule has 0 heterocycles. The molecule has 0 aromatic carbocycles. The van der Waals surface area contributed by atoms with Crippen LogP contribution in [0.4, 0.5) is 0 Å². The van der Waals surface area contributed by atoms with Crippen LogP contribution in [0.5, 0.6) is 0 Å². The Kier molecular flexibility index (Phi) is 5.30. The minimum atomic E-state index is 0.548. The van der Waals surface area contributed by atoms with Crippen LogP contribution in [0.1, 0.15) is 58.8 Å². The monoisotopic (exact) mass is 239 g/mol. The Morgan fingerprint density at radius 2 is 1.94 bits per heavy atom. The minimum absolute atomic E-state index is 0.548. The van der Waals surface area contributed by atoms with Gasteiger partial charge >= 0.3 is 0 Å². The van der Waals surface area contributed by atoms with Gasteiger partial charge in [-0.05, 0) is 44.4 Å². The quantitative estimate of drug-likeness (QED) is 0.688. The smallest absolute Gasteiger partial charge is 0.0603 e. The molecule has 17 heavy (non-hydrogen) atoms. The molecular formula is C15H29NO. The molecule has 2 rings (SSSR count). The zero-order valence-corrected chi connectivity index (χ0v) is 11.6. The van der Waals surface area contributed by atoms with Gasteiger partial charge in [0.1, 0.15) is 0 Å². The van der Waals surface area contributed by atoms with Crippen molar-refractivity contribution in [1.82, 2.24) is 5.32 Å². The van der Waals surface area contributed by atoms with Crippen molar-refractivity contribution in [3.8, 4) is 0 Å². The average Bonchev–Trinajstić information content (AvgIpc) is 3.19. The largest absolute Gasteiger partial charge is 0.377 e. The number of hydrogen-bond donors (Lipinski definition) is 1. The fourth-order valence-corrected chi connectivity index (χ4v) is 3.12. The summed E-state index contributed by atoms with van der Waals surface area (Å²) >= 11 is 0. The Hall–Kier alpha value is -0.0800. The van der Waals surface area contributed by atoms with E-state index in [0.717, 1.165) is 25.0 Å². The molecule has 3 atom stereocenters. The minimum Gasteiger partial charge on any atom is -0.377 e. The van der Waals surface area contributed by atoms with Crippen LogP contribution in [-0.4, -0.2) is 25.3 Å². The third-order valence-electron chi connectivity index (χ3n) is 4.59. The summed E-state index contributed by atoms with van der Waals surface area (Å²) < 4.78 is 6.07. The summed E-state index contributed by atoms with van der Waals surface area (Å²) in [5.74, 6) is 1.78. The van der Waals surface area contributed by atoms with E-state index in [1.54, 1.807) is 0 Å². The molecule has 0 spiro atoms. The molecule has 0 bridgehead atoms. The first-order chi connectivity index (χ1) is 8.31. The third-order valence-corrected chi connectivity index (χ3v) is 4.59. The van der Waals surface area contributed by atoms with Crippen LogP contribution in [-0.2, 0) is 4.74 Å². The maximum Gasteiger partial charge on any atom is 0.0603 e. The van der Waals surface area contributed by atoms with E-state index in [9.17, 15) is 0 Å². The van der Waals surface area contributed by atoms with Gasteiger partial charge in [0.15, 0.2) is 0 Å². The molecule has 2 heteroatoms. The molecule has 2 nitrogen and oxygen atoms in total. The van der Waals surface area contributed by atoms with Crippen LogP contribution >= 0.6 is 0 Å². The van der Waals surface area contributed by atoms with E-state index in [2.05, 4.69) is 19.2 Å². The molecule has 0 saturated heterocycles. The van der Waals surface area contributed by atoms with Crippen LogP contribution in [0.15, 0.2) is 0 Å². The zero-order chi connectivity index (χ0) is 12.1. The predicted octanol–water partition coefficient (Wildman–Crippen LogP) is 3.36. The lowest BCUT2D eigenvalue weighted by molar-refractivity contribution is -0.0109. The molecule has 100 valence electrons. The molecular weight excluding hydrogens is 210 g/mol. The fourth-order valence-electron chi connectivity index (χ4n) is 3.12. The van der Waals surface area contributed by atoms with Crippen molar-refractivity contribution >= 4 is 0 Å². The summed E-state index contributed by atoms with van der Waals surface area (Å²) in [6.45, 7) is 6.55. The van der Waals surface area contributed by atoms with Gasteiger partial charge in [0.2, 0.25) is 0 Å². The Labute approximate surface area is 107 Å². The van der Waals surface area contributed by atoms with E-state index < -0.39 is 0 Å². The van der Waals surface area contributed by atoms with Gasteiger partial charge in [-0.25, -0.2) is 0 Å². The highest BCUT2D eigenvalue weighted by atomic mass is 16.5. The molecule has 0 radical (unpaired) electrons. The highest BCUT2D eigenvalue weighted by molar-refractivity contribution is 4.83. The van der Waals surface area contributed by atoms with Crippen LogP contribution in [0.2, 0.25) is 0 Å². The van der Waals surface area contributed by atoms with Gasteiger partial charge < -0.3 is 10.1 Å². The van der Waals surface area contributed by atoms with Gasteiger partial charge in [-0.15, -0.1) is 0 Å². The summed E-state index contributed by atoms with van der Waals surface area (Å²) in [4.78, 5) is 0. The van der Waals surface area contributed by atoms with Crippen LogP contribution in [0, 0.1) is 11.8 Å². The van der Waals surface area contributed by atoms with Gasteiger partial charge in [-0.3, -0.25) is 0 Å². The lowest BCUT2D eigenvalue weighted by atomic mass is 9.85. The topological polar surface area (TPSA) is 21.3 Å². The Morgan fingerprint density at radius 1 is 1.18 bits per heavy atom. The SMILES string of the molecule is CCC1CCCCC1OCCNC(C)C1CC1. The molecule has 0 aromatic rings. The van der Waals surface area contributed by atoms with E-state index >= 15 is 0 Å². The maximum atomic E-state index is 6.07. The number of hydrogen-bond acceptors (Lipinski definition) is 2. The highest BCUT2D eigenvalue weighted by Gasteiger charge is 2.27. The van der Waals surface area contributed by atoms with E-state index in [1.807, 2.05) is 0 Å². The summed E-state index contributed by atoms with van der Waals surface area (Å²) in [5, 5.41) is 3.59. The highest BCUT2D eigenvalue weighted by Crippen LogP contribution is 2.32. The molecule has 0 aromatic heterocycles. The standard InChI is InChI=1S/C15H29NO/c1-3-13-6-4-5-7-15(13)17-11-10-16-12(2)14-8-9-14/h12-16H,3-11H2,1-2H3. The molecule has 1 N–H and O–H groups in total. The van der Waals surface area contributed by atoms with Crippen molar-refractivity contribution < 1.29 is 4.74 Å². The van der Waals surface area contributed by atoms with Crippen LogP contribution < -0.4 is 5.32 Å². The van der Waals surface area contributed by atoms with E-state index in [1.165, 1.54) is 44.9 Å². The molecule has 0 aliphatic heterocycles. The summed E-state index contributed by atoms with van der Waals surface area (Å²) in [6.07, 6.45) is 10.1. The first-order valence-electron chi connectivity index (χ1n) is 7.66. The van der Waals surface area contributed by atoms with Crippen LogP contribution in [0.3, 0.4) is 0 Å². The lowest BCUT2D eigenvalue weighted by Crippen LogP contribution is -2.34. The van der Waals surface area contributed by atoms with Crippen molar-refractivity contribution in [3.63, 3.8) is 0 Å². The van der Waals surface area contributed by atoms with Crippen molar-refractivity contribution in [3.05, 3.63) is 0 Å². The normalized spacial score (nSPS) is 31.4. The lowest BCUT2D eigenvalue weighted by Gasteiger charge is -2.31. The molecule has 2 aliphatic rings. The molecule has 2 fully saturated rings. The number of nitrogens with one attached hydrogen (secondary N) is 1. The van der Waals surface area contributed by atoms with Crippen LogP contribution in [0.25, 0.3) is 0 Å². The summed E-state index contributed by atoms with van der Waals surface area (Å²) in [6, 6.07) is 0.701. The van der Waals surface area contributed by atoms with Gasteiger partial charge in [0.05, 0.1) is 12.7 Å². The van der Waals surface area contributed by atoms with Crippen molar-refractivity contribution in [2.45, 2.75) is 70.9 Å². The second-order valence-electron chi connectivity index (χ2n) is 5.94. The fraction of sp³-hybridized carbons (Fsp3) is 1.00. The second kappa shape index (κ2) is 6.75. The maximum absolute atomic E-state index is 6.07. The molecule has 3 unspecified atom stereocenters. The number of rotatable bonds is 7. The Morgan fingerprint density at radius 3 is 2.65 bits per heavy atom. The van der Waals surface area contributed by atoms with Gasteiger partial charge in [-0.2, -0.15) is 0 Å². The Bertz CT molecular complexity index is 215. The predicted molar refractivity (Wildman–Crippen MR) is 72.2 cm³/mol. The number of ether oxygens (including phenoxy) is 1. The summed E-state index contributed by atoms with van der Waals surface area (Å²) in [7, 11) is 0. The zero-order valence-electron chi connectivity index (χ0n) is 11.6. The summed E-state index contributed by atoms with van der Waals surface area (Å²) in [5.41, 5.74) is 0. The van der Waals surface area contributed by atoms with Crippen molar-refractivity contribution in [1.29, 1.82) is 0 Å². The average molecular weight is 239 g/mol. The molecule has 2 saturated carbocycles. The molecule has 0 amide bonds. The van der Waals surface area contributed by atoms with E-state index in [4.69, 9.17) is 4.74 Å². The first kappa shape index (κ1) is 13.4. The van der Waals surface area contributed by atoms with E-state index in [0.29, 0.717) is 12.1 Å².